The molecular formula is C25H29F3N4O4S. The van der Waals surface area contributed by atoms with Crippen LogP contribution in [0.5, 0.6) is 5.75 Å². The number of rotatable bonds is 12. The minimum atomic E-state index is -3.83. The van der Waals surface area contributed by atoms with E-state index in [9.17, 15) is 22.0 Å². The van der Waals surface area contributed by atoms with E-state index in [1.807, 2.05) is 6.92 Å². The van der Waals surface area contributed by atoms with Crippen molar-refractivity contribution in [3.8, 4) is 16.9 Å². The Bertz CT molecular complexity index is 1390. The molecule has 37 heavy (non-hydrogen) atoms. The predicted molar refractivity (Wildman–Crippen MR) is 138 cm³/mol. The first-order valence-electron chi connectivity index (χ1n) is 11.7. The molecule has 0 saturated carbocycles. The molecule has 0 bridgehead atoms. The molecule has 0 fully saturated rings. The van der Waals surface area contributed by atoms with Crippen molar-refractivity contribution in [3.05, 3.63) is 48.2 Å². The average Bonchev–Trinajstić information content (AvgIpc) is 2.82. The Balaban J connectivity index is 2.05. The van der Waals surface area contributed by atoms with E-state index in [4.69, 9.17) is 4.74 Å². The van der Waals surface area contributed by atoms with E-state index in [1.165, 1.54) is 25.3 Å². The van der Waals surface area contributed by atoms with Crippen molar-refractivity contribution in [1.29, 1.82) is 0 Å². The van der Waals surface area contributed by atoms with Gasteiger partial charge in [-0.15, -0.1) is 0 Å². The maximum absolute atomic E-state index is 15.5. The van der Waals surface area contributed by atoms with Gasteiger partial charge in [-0.1, -0.05) is 6.92 Å². The van der Waals surface area contributed by atoms with Gasteiger partial charge in [0.25, 0.3) is 0 Å². The van der Waals surface area contributed by atoms with E-state index in [0.717, 1.165) is 12.1 Å². The van der Waals surface area contributed by atoms with E-state index >= 15 is 4.39 Å². The number of ether oxygens (including phenoxy) is 1. The number of alkyl halides is 1. The number of hydrogen-bond acceptors (Lipinski definition) is 6. The third-order valence-electron chi connectivity index (χ3n) is 5.29. The molecule has 3 N–H and O–H groups in total. The van der Waals surface area contributed by atoms with Gasteiger partial charge < -0.3 is 15.4 Å². The number of aromatic nitrogens is 1. The third kappa shape index (κ3) is 7.25. The van der Waals surface area contributed by atoms with Crippen LogP contribution in [0.15, 0.2) is 36.5 Å². The fraction of sp³-hybridized carbons (Fsp3) is 0.360. The van der Waals surface area contributed by atoms with Crippen molar-refractivity contribution in [1.82, 2.24) is 10.3 Å². The first-order valence-corrected chi connectivity index (χ1v) is 13.3. The molecule has 2 aromatic carbocycles. The fourth-order valence-electron chi connectivity index (χ4n) is 3.75. The summed E-state index contributed by atoms with van der Waals surface area (Å²) in [6.07, 6.45) is 1.81. The fourth-order valence-corrected chi connectivity index (χ4v) is 4.89. The highest BCUT2D eigenvalue weighted by atomic mass is 32.2. The van der Waals surface area contributed by atoms with Gasteiger partial charge in [-0.2, -0.15) is 0 Å². The molecule has 8 nitrogen and oxygen atoms in total. The zero-order chi connectivity index (χ0) is 27.2. The highest BCUT2D eigenvalue weighted by Gasteiger charge is 2.22. The van der Waals surface area contributed by atoms with Gasteiger partial charge in [-0.3, -0.25) is 9.52 Å². The second-order valence-electron chi connectivity index (χ2n) is 8.49. The number of benzene rings is 2. The number of carbonyl (C=O) groups is 1. The lowest BCUT2D eigenvalue weighted by Gasteiger charge is -2.17. The Morgan fingerprint density at radius 2 is 1.92 bits per heavy atom. The molecule has 0 unspecified atom stereocenters. The van der Waals surface area contributed by atoms with E-state index < -0.39 is 39.6 Å². The monoisotopic (exact) mass is 538 g/mol. The molecule has 0 saturated heterocycles. The summed E-state index contributed by atoms with van der Waals surface area (Å²) in [7, 11) is -3.83. The van der Waals surface area contributed by atoms with Gasteiger partial charge in [-0.25, -0.2) is 26.6 Å². The number of hydrogen-bond donors (Lipinski definition) is 3. The van der Waals surface area contributed by atoms with Crippen molar-refractivity contribution in [2.75, 3.05) is 35.6 Å². The number of amides is 1. The van der Waals surface area contributed by atoms with Crippen LogP contribution in [0.1, 0.15) is 27.2 Å². The van der Waals surface area contributed by atoms with Crippen LogP contribution in [0.3, 0.4) is 0 Å². The molecule has 1 heterocycles. The first kappa shape index (κ1) is 28.0. The van der Waals surface area contributed by atoms with Gasteiger partial charge in [0.15, 0.2) is 5.82 Å². The van der Waals surface area contributed by atoms with Crippen LogP contribution in [-0.2, 0) is 14.8 Å². The number of nitrogens with zero attached hydrogens (tertiary/aromatic N) is 1. The third-order valence-corrected chi connectivity index (χ3v) is 6.77. The van der Waals surface area contributed by atoms with Crippen LogP contribution < -0.4 is 20.1 Å². The molecule has 200 valence electrons. The van der Waals surface area contributed by atoms with Crippen LogP contribution in [0, 0.1) is 11.6 Å². The molecule has 3 rings (SSSR count). The first-order chi connectivity index (χ1) is 17.5. The normalized spacial score (nSPS) is 12.3. The van der Waals surface area contributed by atoms with Crippen molar-refractivity contribution < 1.29 is 31.1 Å². The van der Waals surface area contributed by atoms with Crippen molar-refractivity contribution in [2.45, 2.75) is 33.2 Å². The van der Waals surface area contributed by atoms with E-state index in [-0.39, 0.29) is 35.6 Å². The summed E-state index contributed by atoms with van der Waals surface area (Å²) in [6.45, 7) is 4.12. The van der Waals surface area contributed by atoms with Crippen molar-refractivity contribution in [2.24, 2.45) is 0 Å². The summed E-state index contributed by atoms with van der Waals surface area (Å²) in [5.74, 6) is -1.96. The minimum Gasteiger partial charge on any atom is -0.490 e. The number of halogens is 3. The zero-order valence-corrected chi connectivity index (χ0v) is 21.5. The van der Waals surface area contributed by atoms with Crippen LogP contribution >= 0.6 is 0 Å². The largest absolute Gasteiger partial charge is 0.490 e. The van der Waals surface area contributed by atoms with Crippen LogP contribution in [-0.4, -0.2) is 50.9 Å². The molecule has 0 radical (unpaired) electrons. The van der Waals surface area contributed by atoms with Gasteiger partial charge in [0, 0.05) is 36.7 Å². The lowest BCUT2D eigenvalue weighted by molar-refractivity contribution is -0.119. The maximum atomic E-state index is 15.5. The summed E-state index contributed by atoms with van der Waals surface area (Å²) in [5, 5.41) is 6.96. The van der Waals surface area contributed by atoms with Gasteiger partial charge in [0.05, 0.1) is 17.0 Å². The molecular weight excluding hydrogens is 509 g/mol. The molecule has 0 aliphatic rings. The summed E-state index contributed by atoms with van der Waals surface area (Å²) in [5.41, 5.74) is -0.944. The number of fused-ring (bicyclic) bond motifs is 1. The van der Waals surface area contributed by atoms with Crippen LogP contribution in [0.25, 0.3) is 21.9 Å². The SMILES string of the molecule is CCCS(=O)(=O)Nc1ccc(F)c(-c2cc3cnc(NC[C@H](C)NC(C)=O)cc3cc2OCCF)c1F. The summed E-state index contributed by atoms with van der Waals surface area (Å²) >= 11 is 0. The Labute approximate surface area is 213 Å². The van der Waals surface area contributed by atoms with Crippen molar-refractivity contribution >= 4 is 38.2 Å². The molecule has 0 aliphatic heterocycles. The Morgan fingerprint density at radius 1 is 1.16 bits per heavy atom. The lowest BCUT2D eigenvalue weighted by atomic mass is 9.99. The minimum absolute atomic E-state index is 0.0141. The maximum Gasteiger partial charge on any atom is 0.232 e. The molecule has 1 atom stereocenters. The predicted octanol–water partition coefficient (Wildman–Crippen LogP) is 4.62. The highest BCUT2D eigenvalue weighted by molar-refractivity contribution is 7.92. The van der Waals surface area contributed by atoms with Gasteiger partial charge in [-0.05, 0) is 49.1 Å². The summed E-state index contributed by atoms with van der Waals surface area (Å²) in [6, 6.07) is 6.44. The summed E-state index contributed by atoms with van der Waals surface area (Å²) < 4.78 is 75.3. The van der Waals surface area contributed by atoms with E-state index in [0.29, 0.717) is 29.6 Å². The van der Waals surface area contributed by atoms with Gasteiger partial charge in [0.2, 0.25) is 15.9 Å². The second kappa shape index (κ2) is 12.1. The Morgan fingerprint density at radius 3 is 2.59 bits per heavy atom. The van der Waals surface area contributed by atoms with Crippen LogP contribution in [0.4, 0.5) is 24.7 Å². The molecule has 3 aromatic rings. The smallest absolute Gasteiger partial charge is 0.232 e. The van der Waals surface area contributed by atoms with Gasteiger partial charge >= 0.3 is 0 Å². The molecule has 1 amide bonds. The van der Waals surface area contributed by atoms with Crippen LogP contribution in [0.2, 0.25) is 0 Å². The van der Waals surface area contributed by atoms with E-state index in [1.54, 1.807) is 13.0 Å². The number of nitrogens with one attached hydrogen (secondary N) is 3. The average molecular weight is 539 g/mol. The number of carbonyl (C=O) groups excluding carboxylic acids is 1. The molecule has 12 heteroatoms. The number of pyridine rings is 1. The zero-order valence-electron chi connectivity index (χ0n) is 20.7. The van der Waals surface area contributed by atoms with Gasteiger partial charge in [0.1, 0.15) is 30.7 Å². The standard InChI is InChI=1S/C25H29F3N4O4S/c1-4-9-37(34,35)32-21-6-5-20(27)24(25(21)28)19-10-18-14-30-23(29-13-15(2)31-16(3)33)12-17(18)11-22(19)36-8-7-26/h5-6,10-12,14-15,32H,4,7-9,13H2,1-3H3,(H,29,30)(H,31,33)/t15-/m0/s1. The number of sulfonamides is 1. The quantitative estimate of drug-likeness (QED) is 0.311. The molecule has 1 aromatic heterocycles. The summed E-state index contributed by atoms with van der Waals surface area (Å²) in [4.78, 5) is 15.5. The topological polar surface area (TPSA) is 109 Å². The molecule has 0 aliphatic carbocycles. The Kier molecular flexibility index (Phi) is 9.19. The Hall–Kier alpha value is -3.54. The number of anilines is 2. The van der Waals surface area contributed by atoms with Crippen molar-refractivity contribution in [3.63, 3.8) is 0 Å². The molecule has 0 spiro atoms. The second-order valence-corrected chi connectivity index (χ2v) is 10.3. The van der Waals surface area contributed by atoms with E-state index in [2.05, 4.69) is 20.3 Å². The highest BCUT2D eigenvalue weighted by Crippen LogP contribution is 2.39. The lowest BCUT2D eigenvalue weighted by Crippen LogP contribution is -2.35.